The largest absolute Gasteiger partial charge is 0.432 e. The van der Waals surface area contributed by atoms with Crippen molar-refractivity contribution in [2.45, 2.75) is 204 Å². The molecular weight excluding hydrogens is 881 g/mol. The highest BCUT2D eigenvalue weighted by molar-refractivity contribution is 5.79. The minimum absolute atomic E-state index is 0.0112. The average molecular weight is 959 g/mol. The Kier molecular flexibility index (Phi) is 14.4. The molecule has 0 aromatic rings. The Hall–Kier alpha value is -1.47. The van der Waals surface area contributed by atoms with Crippen LogP contribution in [0.1, 0.15) is 99.8 Å². The van der Waals surface area contributed by atoms with E-state index in [4.69, 9.17) is 28.4 Å². The second kappa shape index (κ2) is 18.5. The number of ether oxygens (including phenoxy) is 6. The molecule has 27 atom stereocenters. The molecule has 4 saturated carbocycles. The maximum absolute atomic E-state index is 15.0. The van der Waals surface area contributed by atoms with Crippen LogP contribution < -0.4 is 0 Å². The Morgan fingerprint density at radius 3 is 2.01 bits per heavy atom. The Bertz CT molecular complexity index is 1820. The highest BCUT2D eigenvalue weighted by Crippen LogP contribution is 2.76. The molecule has 0 aromatic carbocycles. The summed E-state index contributed by atoms with van der Waals surface area (Å²) in [5, 5.41) is 130. The van der Waals surface area contributed by atoms with E-state index in [2.05, 4.69) is 40.7 Å². The molecule has 8 rings (SSSR count). The third-order valence-corrected chi connectivity index (χ3v) is 19.7. The van der Waals surface area contributed by atoms with Gasteiger partial charge in [0.1, 0.15) is 67.1 Å². The lowest BCUT2D eigenvalue weighted by atomic mass is 9.33. The Morgan fingerprint density at radius 2 is 1.34 bits per heavy atom. The summed E-state index contributed by atoms with van der Waals surface area (Å²) in [5.41, 5.74) is -1.64. The molecule has 12 N–H and O–H groups in total. The maximum atomic E-state index is 15.0. The molecule has 3 saturated heterocycles. The summed E-state index contributed by atoms with van der Waals surface area (Å²) < 4.78 is 34.7. The van der Waals surface area contributed by atoms with Crippen molar-refractivity contribution in [1.82, 2.24) is 0 Å². The van der Waals surface area contributed by atoms with E-state index >= 15 is 4.79 Å². The van der Waals surface area contributed by atoms with Gasteiger partial charge in [0.15, 0.2) is 12.6 Å². The van der Waals surface area contributed by atoms with Gasteiger partial charge in [0, 0.05) is 5.41 Å². The standard InChI is InChI=1S/C48H78O19/c1-20-10-13-48(15-14-46(6)23(29(48)21(20)2)8-9-28-44(4)16-24(51)39(60)45(5,19-50)27(44)11-12-47(28,46)7)43(61)67-42-36(58)33(55)31(53)26(65-42)18-62-40-37(59)34(56)38(25(17-49)64-40)66-41-35(57)32(54)30(52)22(3)63-41/h8,20-22,24-42,49-60H,9-19H2,1-7H3/t20-,21+,22-,24-,25+,26+,27+,28+,29+,30+,31-,32+,33-,34+,35-,36+,37+,38+,39-,40+,41+,42-,44+,45+,46-,47-,48+/m1/s1. The van der Waals surface area contributed by atoms with Crippen molar-refractivity contribution in [3.63, 3.8) is 0 Å². The molecule has 8 aliphatic rings. The lowest BCUT2D eigenvalue weighted by molar-refractivity contribution is -0.361. The highest BCUT2D eigenvalue weighted by atomic mass is 16.8. The molecule has 0 radical (unpaired) electrons. The van der Waals surface area contributed by atoms with Gasteiger partial charge in [0.05, 0.1) is 43.5 Å². The number of hydrogen-bond donors (Lipinski definition) is 12. The molecule has 384 valence electrons. The summed E-state index contributed by atoms with van der Waals surface area (Å²) in [7, 11) is 0. The summed E-state index contributed by atoms with van der Waals surface area (Å²) in [4.78, 5) is 15.0. The van der Waals surface area contributed by atoms with Crippen molar-refractivity contribution >= 4 is 5.97 Å². The van der Waals surface area contributed by atoms with Crippen LogP contribution >= 0.6 is 0 Å². The van der Waals surface area contributed by atoms with Gasteiger partial charge in [0.2, 0.25) is 6.29 Å². The number of fused-ring (bicyclic) bond motifs is 7. The van der Waals surface area contributed by atoms with E-state index in [1.54, 1.807) is 0 Å². The zero-order valence-electron chi connectivity index (χ0n) is 39.8. The summed E-state index contributed by atoms with van der Waals surface area (Å²) in [6.07, 6.45) is -18.9. The number of aliphatic hydroxyl groups is 12. The van der Waals surface area contributed by atoms with Gasteiger partial charge in [-0.15, -0.1) is 0 Å². The quantitative estimate of drug-likeness (QED) is 0.0971. The first kappa shape index (κ1) is 51.9. The number of hydrogen-bond acceptors (Lipinski definition) is 19. The maximum Gasteiger partial charge on any atom is 0.315 e. The van der Waals surface area contributed by atoms with Crippen molar-refractivity contribution in [2.75, 3.05) is 19.8 Å². The van der Waals surface area contributed by atoms with E-state index in [1.807, 2.05) is 6.92 Å². The number of esters is 1. The highest BCUT2D eigenvalue weighted by Gasteiger charge is 2.71. The molecule has 0 amide bonds. The summed E-state index contributed by atoms with van der Waals surface area (Å²) in [5.74, 6) is -0.386. The predicted molar refractivity (Wildman–Crippen MR) is 231 cm³/mol. The fourth-order valence-corrected chi connectivity index (χ4v) is 15.2. The third-order valence-electron chi connectivity index (χ3n) is 19.7. The monoisotopic (exact) mass is 959 g/mol. The summed E-state index contributed by atoms with van der Waals surface area (Å²) in [6, 6.07) is 0. The molecule has 5 aliphatic carbocycles. The molecule has 67 heavy (non-hydrogen) atoms. The molecule has 0 unspecified atom stereocenters. The van der Waals surface area contributed by atoms with E-state index in [1.165, 1.54) is 12.5 Å². The molecule has 0 spiro atoms. The van der Waals surface area contributed by atoms with E-state index in [-0.39, 0.29) is 52.4 Å². The van der Waals surface area contributed by atoms with Crippen molar-refractivity contribution in [3.05, 3.63) is 11.6 Å². The van der Waals surface area contributed by atoms with Gasteiger partial charge in [-0.2, -0.15) is 0 Å². The molecule has 3 heterocycles. The lowest BCUT2D eigenvalue weighted by Crippen LogP contribution is -2.68. The Balaban J connectivity index is 0.985. The van der Waals surface area contributed by atoms with Crippen molar-refractivity contribution < 1.29 is 94.5 Å². The molecular formula is C48H78O19. The fraction of sp³-hybridized carbons (Fsp3) is 0.938. The number of carbonyl (C=O) groups is 1. The zero-order chi connectivity index (χ0) is 49.1. The molecule has 0 aromatic heterocycles. The second-order valence-corrected chi connectivity index (χ2v) is 22.9. The first-order valence-corrected chi connectivity index (χ1v) is 24.5. The van der Waals surface area contributed by atoms with E-state index < -0.39 is 134 Å². The first-order valence-electron chi connectivity index (χ1n) is 24.5. The molecule has 7 fully saturated rings. The van der Waals surface area contributed by atoms with Crippen molar-refractivity contribution in [1.29, 1.82) is 0 Å². The average Bonchev–Trinajstić information content (AvgIpc) is 3.29. The number of carbonyl (C=O) groups excluding carboxylic acids is 1. The normalized spacial score (nSPS) is 56.7. The molecule has 3 aliphatic heterocycles. The minimum atomic E-state index is -1.86. The van der Waals surface area contributed by atoms with Crippen LogP contribution in [0.15, 0.2) is 11.6 Å². The zero-order valence-corrected chi connectivity index (χ0v) is 39.8. The Labute approximate surface area is 392 Å². The fourth-order valence-electron chi connectivity index (χ4n) is 15.2. The number of rotatable bonds is 9. The smallest absolute Gasteiger partial charge is 0.315 e. The van der Waals surface area contributed by atoms with Gasteiger partial charge in [0.25, 0.3) is 0 Å². The van der Waals surface area contributed by atoms with Crippen LogP contribution in [0, 0.1) is 56.7 Å². The van der Waals surface area contributed by atoms with Crippen LogP contribution in [-0.2, 0) is 33.2 Å². The predicted octanol–water partition coefficient (Wildman–Crippen LogP) is -1.03. The summed E-state index contributed by atoms with van der Waals surface area (Å²) >= 11 is 0. The van der Waals surface area contributed by atoms with Crippen molar-refractivity contribution in [3.8, 4) is 0 Å². The van der Waals surface area contributed by atoms with E-state index in [9.17, 15) is 61.3 Å². The molecule has 0 bridgehead atoms. The SMILES string of the molecule is C[C@H]1[C@H](C)CC[C@]2(C(=O)O[C@H]3O[C@@H](CO[C@H]4O[C@@H](CO)[C@H](O[C@@H]5O[C@H](C)[C@H](O)[C@H](O)[C@H]5O)[C@@H](O)[C@@H]4O)[C@@H](O)[C@@H](O)[C@@H]3O)CC[C@]3(C)C(=CC[C@H]4[C@@]5(C)C[C@@H](O)[C@@H](O)[C@@](C)(CO)[C@H]5CC[C@]43C)[C@H]12. The van der Waals surface area contributed by atoms with Crippen LogP contribution in [0.2, 0.25) is 0 Å². The van der Waals surface area contributed by atoms with Gasteiger partial charge >= 0.3 is 5.97 Å². The summed E-state index contributed by atoms with van der Waals surface area (Å²) in [6.45, 7) is 13.0. The minimum Gasteiger partial charge on any atom is -0.432 e. The molecule has 19 heteroatoms. The van der Waals surface area contributed by atoms with Gasteiger partial charge in [-0.05, 0) is 104 Å². The van der Waals surface area contributed by atoms with Gasteiger partial charge in [-0.1, -0.05) is 53.2 Å². The number of allylic oxidation sites excluding steroid dienone is 2. The van der Waals surface area contributed by atoms with Gasteiger partial charge in [-0.25, -0.2) is 0 Å². The topological polar surface area (TPSA) is 315 Å². The third kappa shape index (κ3) is 7.92. The van der Waals surface area contributed by atoms with Crippen LogP contribution in [0.3, 0.4) is 0 Å². The first-order chi connectivity index (χ1) is 31.4. The molecule has 19 nitrogen and oxygen atoms in total. The lowest BCUT2D eigenvalue weighted by Gasteiger charge is -2.71. The van der Waals surface area contributed by atoms with Crippen LogP contribution in [0.25, 0.3) is 0 Å². The van der Waals surface area contributed by atoms with Crippen molar-refractivity contribution in [2.24, 2.45) is 56.7 Å². The van der Waals surface area contributed by atoms with E-state index in [0.717, 1.165) is 19.3 Å². The van der Waals surface area contributed by atoms with Gasteiger partial charge in [-0.3, -0.25) is 4.79 Å². The van der Waals surface area contributed by atoms with Crippen LogP contribution in [0.5, 0.6) is 0 Å². The van der Waals surface area contributed by atoms with Crippen LogP contribution in [-0.4, -0.2) is 191 Å². The van der Waals surface area contributed by atoms with Gasteiger partial charge < -0.3 is 89.7 Å². The Morgan fingerprint density at radius 1 is 0.701 bits per heavy atom. The second-order valence-electron chi connectivity index (χ2n) is 22.9. The van der Waals surface area contributed by atoms with E-state index in [0.29, 0.717) is 32.1 Å². The number of aliphatic hydroxyl groups excluding tert-OH is 12. The van der Waals surface area contributed by atoms with Crippen LogP contribution in [0.4, 0.5) is 0 Å².